The van der Waals surface area contributed by atoms with E-state index in [-0.39, 0.29) is 19.1 Å². The molecule has 0 radical (unpaired) electrons. The number of aliphatic carboxylic acids is 1. The molecule has 2 heterocycles. The summed E-state index contributed by atoms with van der Waals surface area (Å²) < 4.78 is 18.3. The molecule has 2 aromatic carbocycles. The zero-order valence-corrected chi connectivity index (χ0v) is 23.8. The van der Waals surface area contributed by atoms with Crippen molar-refractivity contribution < 1.29 is 28.7 Å². The van der Waals surface area contributed by atoms with Crippen molar-refractivity contribution in [3.05, 3.63) is 93.1 Å². The predicted molar refractivity (Wildman–Crippen MR) is 158 cm³/mol. The van der Waals surface area contributed by atoms with Crippen molar-refractivity contribution in [1.29, 1.82) is 0 Å². The van der Waals surface area contributed by atoms with Crippen molar-refractivity contribution in [3.8, 4) is 11.1 Å². The van der Waals surface area contributed by atoms with Crippen LogP contribution in [0.5, 0.6) is 0 Å². The fourth-order valence-corrected chi connectivity index (χ4v) is 5.68. The number of carbonyl (C=O) groups excluding carboxylic acids is 1. The lowest BCUT2D eigenvalue weighted by Gasteiger charge is -2.32. The highest BCUT2D eigenvalue weighted by atomic mass is 32.1. The third kappa shape index (κ3) is 5.77. The summed E-state index contributed by atoms with van der Waals surface area (Å²) >= 11 is 1.42. The second kappa shape index (κ2) is 11.1. The average molecular weight is 557 g/mol. The number of ether oxygens (including phenoxy) is 1. The molecular formula is C31H32BNO6S. The number of hydrogen-bond acceptors (Lipinski definition) is 6. The Balaban J connectivity index is 1.29. The summed E-state index contributed by atoms with van der Waals surface area (Å²) in [6.45, 7) is 8.28. The van der Waals surface area contributed by atoms with E-state index in [9.17, 15) is 9.59 Å². The van der Waals surface area contributed by atoms with Crippen LogP contribution in [0.15, 0.2) is 71.5 Å². The molecule has 1 aromatic heterocycles. The molecule has 0 bridgehead atoms. The number of fused-ring (bicyclic) bond motifs is 3. The molecular weight excluding hydrogens is 525 g/mol. The van der Waals surface area contributed by atoms with E-state index in [2.05, 4.69) is 29.6 Å². The maximum Gasteiger partial charge on any atom is 0.492 e. The highest BCUT2D eigenvalue weighted by Gasteiger charge is 2.52. The van der Waals surface area contributed by atoms with Crippen LogP contribution in [0, 0.1) is 0 Å². The van der Waals surface area contributed by atoms with Gasteiger partial charge in [-0.15, -0.1) is 11.3 Å². The summed E-state index contributed by atoms with van der Waals surface area (Å²) in [6, 6.07) is 18.3. The van der Waals surface area contributed by atoms with Gasteiger partial charge >= 0.3 is 19.2 Å². The van der Waals surface area contributed by atoms with E-state index in [4.69, 9.17) is 19.2 Å². The van der Waals surface area contributed by atoms with Gasteiger partial charge in [0.2, 0.25) is 0 Å². The van der Waals surface area contributed by atoms with Gasteiger partial charge in [0, 0.05) is 23.4 Å². The van der Waals surface area contributed by atoms with Crippen LogP contribution in [0.2, 0.25) is 0 Å². The number of nitrogens with one attached hydrogen (secondary N) is 1. The molecule has 1 amide bonds. The van der Waals surface area contributed by atoms with E-state index in [1.165, 1.54) is 22.5 Å². The van der Waals surface area contributed by atoms with Gasteiger partial charge in [0.05, 0.1) is 11.2 Å². The van der Waals surface area contributed by atoms with Crippen molar-refractivity contribution in [2.45, 2.75) is 44.8 Å². The highest BCUT2D eigenvalue weighted by molar-refractivity contribution is 7.11. The molecule has 5 rings (SSSR count). The molecule has 9 heteroatoms. The van der Waals surface area contributed by atoms with Gasteiger partial charge in [0.25, 0.3) is 0 Å². The average Bonchev–Trinajstić information content (AvgIpc) is 3.56. The third-order valence-corrected chi connectivity index (χ3v) is 8.63. The van der Waals surface area contributed by atoms with Crippen LogP contribution < -0.4 is 5.32 Å². The van der Waals surface area contributed by atoms with Gasteiger partial charge in [-0.05, 0) is 78.5 Å². The van der Waals surface area contributed by atoms with E-state index < -0.39 is 30.4 Å². The first-order chi connectivity index (χ1) is 19.0. The van der Waals surface area contributed by atoms with Crippen molar-refractivity contribution in [1.82, 2.24) is 5.32 Å². The number of carboxylic acid groups (broad SMARTS) is 1. The van der Waals surface area contributed by atoms with E-state index in [1.807, 2.05) is 69.5 Å². The standard InChI is InChI=1S/C31H32BNO6S/c1-30(2)31(3,4)39-32(38-30)21(15-20-16-22(40-19-20)13-14-28(34)35)17-33-29(36)37-18-27-25-11-7-5-9-23(25)24-10-6-8-12-26(24)27/h5-16,19,27H,17-18H2,1-4H3,(H,33,36)(H,34,35)/b14-13+,21-15?. The van der Waals surface area contributed by atoms with Crippen LogP contribution >= 0.6 is 11.3 Å². The van der Waals surface area contributed by atoms with E-state index in [0.717, 1.165) is 33.1 Å². The number of rotatable bonds is 8. The van der Waals surface area contributed by atoms with Gasteiger partial charge in [0.1, 0.15) is 6.61 Å². The molecule has 1 aliphatic heterocycles. The molecule has 2 aliphatic rings. The SMILES string of the molecule is CC1(C)OB(C(=Cc2csc(/C=C/C(=O)O)c2)CNC(=O)OCC2c3ccccc3-c3ccccc32)OC1(C)C. The summed E-state index contributed by atoms with van der Waals surface area (Å²) in [5, 5.41) is 13.7. The minimum atomic E-state index is -1.00. The highest BCUT2D eigenvalue weighted by Crippen LogP contribution is 2.44. The number of benzene rings is 2. The smallest absolute Gasteiger partial charge is 0.478 e. The largest absolute Gasteiger partial charge is 0.492 e. The monoisotopic (exact) mass is 557 g/mol. The van der Waals surface area contributed by atoms with Crippen LogP contribution in [0.3, 0.4) is 0 Å². The van der Waals surface area contributed by atoms with Crippen LogP contribution in [0.25, 0.3) is 23.3 Å². The quantitative estimate of drug-likeness (QED) is 0.246. The van der Waals surface area contributed by atoms with Crippen molar-refractivity contribution in [3.63, 3.8) is 0 Å². The molecule has 0 saturated carbocycles. The first-order valence-corrected chi connectivity index (χ1v) is 14.1. The first kappa shape index (κ1) is 27.9. The normalized spacial score (nSPS) is 17.6. The van der Waals surface area contributed by atoms with Gasteiger partial charge in [-0.25, -0.2) is 9.59 Å². The Morgan fingerprint density at radius 2 is 1.62 bits per heavy atom. The van der Waals surface area contributed by atoms with Crippen LogP contribution in [0.4, 0.5) is 4.79 Å². The Bertz CT molecular complexity index is 1430. The number of carboxylic acids is 1. The van der Waals surface area contributed by atoms with E-state index in [0.29, 0.717) is 0 Å². The summed E-state index contributed by atoms with van der Waals surface area (Å²) in [6.07, 6.45) is 4.03. The lowest BCUT2D eigenvalue weighted by atomic mass is 9.77. The van der Waals surface area contributed by atoms with E-state index >= 15 is 0 Å². The third-order valence-electron chi connectivity index (χ3n) is 7.72. The number of thiophene rings is 1. The maximum atomic E-state index is 12.9. The molecule has 2 N–H and O–H groups in total. The fraction of sp³-hybridized carbons (Fsp3) is 0.290. The van der Waals surface area contributed by atoms with Gasteiger partial charge in [0.15, 0.2) is 0 Å². The Morgan fingerprint density at radius 1 is 1.02 bits per heavy atom. The second-order valence-corrected chi connectivity index (χ2v) is 11.9. The Labute approximate surface area is 238 Å². The van der Waals surface area contributed by atoms with Gasteiger partial charge in [-0.3, -0.25) is 0 Å². The molecule has 206 valence electrons. The summed E-state index contributed by atoms with van der Waals surface area (Å²) in [7, 11) is -0.670. The molecule has 1 aliphatic carbocycles. The van der Waals surface area contributed by atoms with Crippen molar-refractivity contribution >= 4 is 42.7 Å². The van der Waals surface area contributed by atoms with Crippen LogP contribution in [0.1, 0.15) is 55.2 Å². The lowest BCUT2D eigenvalue weighted by Crippen LogP contribution is -2.41. The molecule has 1 saturated heterocycles. The summed E-state index contributed by atoms with van der Waals surface area (Å²) in [4.78, 5) is 24.6. The van der Waals surface area contributed by atoms with Crippen molar-refractivity contribution in [2.75, 3.05) is 13.2 Å². The number of alkyl carbamates (subject to hydrolysis) is 1. The Kier molecular flexibility index (Phi) is 7.73. The molecule has 40 heavy (non-hydrogen) atoms. The maximum absolute atomic E-state index is 12.9. The molecule has 3 aromatic rings. The summed E-state index contributed by atoms with van der Waals surface area (Å²) in [5.41, 5.74) is 5.12. The molecule has 7 nitrogen and oxygen atoms in total. The second-order valence-electron chi connectivity index (χ2n) is 10.9. The van der Waals surface area contributed by atoms with E-state index in [1.54, 1.807) is 6.08 Å². The zero-order chi connectivity index (χ0) is 28.5. The summed E-state index contributed by atoms with van der Waals surface area (Å²) in [5.74, 6) is -1.03. The molecule has 0 atom stereocenters. The first-order valence-electron chi connectivity index (χ1n) is 13.2. The topological polar surface area (TPSA) is 94.1 Å². The minimum Gasteiger partial charge on any atom is -0.478 e. The van der Waals surface area contributed by atoms with Gasteiger partial charge in [-0.2, -0.15) is 0 Å². The number of carbonyl (C=O) groups is 2. The number of hydrogen-bond donors (Lipinski definition) is 2. The van der Waals surface area contributed by atoms with Gasteiger partial charge < -0.3 is 24.5 Å². The van der Waals surface area contributed by atoms with Crippen LogP contribution in [-0.2, 0) is 18.8 Å². The molecule has 1 fully saturated rings. The molecule has 0 unspecified atom stereocenters. The fourth-order valence-electron chi connectivity index (χ4n) is 4.92. The molecule has 0 spiro atoms. The zero-order valence-electron chi connectivity index (χ0n) is 23.0. The Morgan fingerprint density at radius 3 is 2.23 bits per heavy atom. The number of amides is 1. The van der Waals surface area contributed by atoms with Crippen LogP contribution in [-0.4, -0.2) is 48.6 Å². The lowest BCUT2D eigenvalue weighted by molar-refractivity contribution is -0.131. The van der Waals surface area contributed by atoms with Gasteiger partial charge in [-0.1, -0.05) is 54.6 Å². The van der Waals surface area contributed by atoms with Crippen molar-refractivity contribution in [2.24, 2.45) is 0 Å². The predicted octanol–water partition coefficient (Wildman–Crippen LogP) is 6.40. The minimum absolute atomic E-state index is 0.0284. The Hall–Kier alpha value is -3.66.